The Kier molecular flexibility index (Phi) is 7.85. The molecule has 1 aliphatic heterocycles. The molecule has 0 unspecified atom stereocenters. The first-order valence-corrected chi connectivity index (χ1v) is 13.5. The number of amides is 3. The summed E-state index contributed by atoms with van der Waals surface area (Å²) in [6, 6.07) is 5.88. The zero-order valence-corrected chi connectivity index (χ0v) is 23.2. The summed E-state index contributed by atoms with van der Waals surface area (Å²) in [5.74, 6) is -1.65. The number of alkyl halides is 1. The second-order valence-electron chi connectivity index (χ2n) is 9.15. The number of likely N-dealkylation sites (tertiary alicyclic amines) is 1. The minimum absolute atomic E-state index is 0.0250. The molecule has 1 fully saturated rings. The average molecular weight is 596 g/mol. The van der Waals surface area contributed by atoms with Crippen LogP contribution < -0.4 is 11.1 Å². The number of carbonyl (C=O) groups is 3. The average Bonchev–Trinajstić information content (AvgIpc) is 3.66. The van der Waals surface area contributed by atoms with Crippen molar-refractivity contribution in [3.8, 4) is 11.1 Å². The number of primary amides is 1. The second-order valence-corrected chi connectivity index (χ2v) is 10.4. The van der Waals surface area contributed by atoms with Crippen LogP contribution >= 0.6 is 23.1 Å². The third-order valence-electron chi connectivity index (χ3n) is 6.54. The van der Waals surface area contributed by atoms with E-state index in [0.717, 1.165) is 27.6 Å². The molecule has 3 amide bonds. The minimum Gasteiger partial charge on any atom is -0.364 e. The van der Waals surface area contributed by atoms with Gasteiger partial charge in [0.05, 0.1) is 24.5 Å². The van der Waals surface area contributed by atoms with Crippen LogP contribution in [0.2, 0.25) is 0 Å². The number of carbonyl (C=O) groups excluding carboxylic acids is 3. The van der Waals surface area contributed by atoms with Crippen molar-refractivity contribution in [1.29, 1.82) is 0 Å². The molecule has 41 heavy (non-hydrogen) atoms. The standard InChI is InChI=1S/C26H23ClFN9O3S/c1-3-17(13(2)27)24-32-26(41-35-24)33-25(40)20-9-16(28)11-36(20)21(38)12-37-19-5-4-14(15-6-7-30-31-10-15)8-18(19)22(34-37)23(29)39/h3-8,10,16,20H,2,9,11-12H2,1H3,(H2,29,39)(H,32,33,35,40)/b17-3+/t16-,20+/m1/s1. The van der Waals surface area contributed by atoms with Crippen molar-refractivity contribution < 1.29 is 18.8 Å². The summed E-state index contributed by atoms with van der Waals surface area (Å²) in [5, 5.41) is 15.4. The van der Waals surface area contributed by atoms with Crippen LogP contribution in [0.25, 0.3) is 27.6 Å². The van der Waals surface area contributed by atoms with Crippen molar-refractivity contribution in [1.82, 2.24) is 34.2 Å². The topological polar surface area (TPSA) is 162 Å². The molecule has 1 aliphatic rings. The predicted molar refractivity (Wildman–Crippen MR) is 151 cm³/mol. The van der Waals surface area contributed by atoms with Crippen molar-refractivity contribution in [2.45, 2.75) is 32.1 Å². The van der Waals surface area contributed by atoms with E-state index >= 15 is 0 Å². The van der Waals surface area contributed by atoms with E-state index < -0.39 is 29.9 Å². The number of hydrogen-bond acceptors (Lipinski definition) is 9. The minimum atomic E-state index is -1.40. The SMILES string of the molecule is C=C(Cl)/C(=C\C)c1nsc(NC(=O)[C@@H]2C[C@@H](F)CN2C(=O)Cn2nc(C(N)=O)c3cc(-c4ccnnc4)ccc32)n1. The van der Waals surface area contributed by atoms with Gasteiger partial charge < -0.3 is 10.6 Å². The Bertz CT molecular complexity index is 1700. The van der Waals surface area contributed by atoms with Crippen LogP contribution in [0, 0.1) is 0 Å². The highest BCUT2D eigenvalue weighted by molar-refractivity contribution is 7.10. The Balaban J connectivity index is 1.37. The van der Waals surface area contributed by atoms with E-state index in [1.165, 1.54) is 10.9 Å². The van der Waals surface area contributed by atoms with Gasteiger partial charge in [-0.25, -0.2) is 4.39 Å². The van der Waals surface area contributed by atoms with Crippen molar-refractivity contribution in [2.24, 2.45) is 5.73 Å². The molecule has 0 radical (unpaired) electrons. The number of aromatic nitrogens is 6. The van der Waals surface area contributed by atoms with Crippen LogP contribution in [0.15, 0.2) is 54.3 Å². The molecular weight excluding hydrogens is 573 g/mol. The maximum Gasteiger partial charge on any atom is 0.269 e. The lowest BCUT2D eigenvalue weighted by molar-refractivity contribution is -0.137. The molecule has 2 atom stereocenters. The van der Waals surface area contributed by atoms with E-state index in [0.29, 0.717) is 16.5 Å². The lowest BCUT2D eigenvalue weighted by Crippen LogP contribution is -2.44. The number of halogens is 2. The van der Waals surface area contributed by atoms with Crippen LogP contribution in [0.5, 0.6) is 0 Å². The van der Waals surface area contributed by atoms with Crippen LogP contribution in [0.4, 0.5) is 9.52 Å². The molecule has 4 aromatic rings. The summed E-state index contributed by atoms with van der Waals surface area (Å²) in [7, 11) is 0. The number of fused-ring (bicyclic) bond motifs is 1. The van der Waals surface area contributed by atoms with Gasteiger partial charge in [0, 0.05) is 39.5 Å². The number of hydrogen-bond donors (Lipinski definition) is 2. The van der Waals surface area contributed by atoms with Gasteiger partial charge in [-0.15, -0.1) is 0 Å². The largest absolute Gasteiger partial charge is 0.364 e. The summed E-state index contributed by atoms with van der Waals surface area (Å²) in [4.78, 5) is 44.1. The predicted octanol–water partition coefficient (Wildman–Crippen LogP) is 3.18. The van der Waals surface area contributed by atoms with E-state index in [1.54, 1.807) is 43.5 Å². The highest BCUT2D eigenvalue weighted by Gasteiger charge is 2.40. The summed E-state index contributed by atoms with van der Waals surface area (Å²) >= 11 is 6.90. The Morgan fingerprint density at radius 1 is 1.27 bits per heavy atom. The summed E-state index contributed by atoms with van der Waals surface area (Å²) < 4.78 is 20.0. The molecule has 4 heterocycles. The first-order chi connectivity index (χ1) is 19.7. The first kappa shape index (κ1) is 28.0. The molecule has 1 aromatic carbocycles. The quantitative estimate of drug-likeness (QED) is 0.293. The molecule has 15 heteroatoms. The Morgan fingerprint density at radius 3 is 2.76 bits per heavy atom. The van der Waals surface area contributed by atoms with Gasteiger partial charge in [0.15, 0.2) is 11.5 Å². The van der Waals surface area contributed by atoms with E-state index in [1.807, 2.05) is 0 Å². The molecule has 210 valence electrons. The number of allylic oxidation sites excluding steroid dienone is 3. The van der Waals surface area contributed by atoms with Gasteiger partial charge in [-0.05, 0) is 30.7 Å². The number of nitrogens with zero attached hydrogens (tertiary/aromatic N) is 7. The van der Waals surface area contributed by atoms with Gasteiger partial charge in [-0.1, -0.05) is 30.3 Å². The zero-order chi connectivity index (χ0) is 29.3. The molecule has 5 rings (SSSR count). The summed E-state index contributed by atoms with van der Waals surface area (Å²) in [6.07, 6.45) is 3.21. The third-order valence-corrected chi connectivity index (χ3v) is 7.37. The van der Waals surface area contributed by atoms with Crippen LogP contribution in [-0.4, -0.2) is 70.7 Å². The van der Waals surface area contributed by atoms with Crippen LogP contribution in [0.1, 0.15) is 29.7 Å². The summed E-state index contributed by atoms with van der Waals surface area (Å²) in [5.41, 5.74) is 8.03. The highest BCUT2D eigenvalue weighted by Crippen LogP contribution is 2.29. The van der Waals surface area contributed by atoms with Crippen molar-refractivity contribution in [3.63, 3.8) is 0 Å². The fraction of sp³-hybridized carbons (Fsp3) is 0.231. The van der Waals surface area contributed by atoms with Crippen LogP contribution in [-0.2, 0) is 16.1 Å². The Morgan fingerprint density at radius 2 is 2.07 bits per heavy atom. The second kappa shape index (κ2) is 11.5. The van der Waals surface area contributed by atoms with Gasteiger partial charge in [0.1, 0.15) is 18.8 Å². The number of nitrogens with one attached hydrogen (secondary N) is 1. The lowest BCUT2D eigenvalue weighted by atomic mass is 10.0. The zero-order valence-electron chi connectivity index (χ0n) is 21.6. The van der Waals surface area contributed by atoms with E-state index in [-0.39, 0.29) is 41.2 Å². The fourth-order valence-corrected chi connectivity index (χ4v) is 5.41. The van der Waals surface area contributed by atoms with Gasteiger partial charge >= 0.3 is 0 Å². The maximum atomic E-state index is 14.5. The van der Waals surface area contributed by atoms with Crippen molar-refractivity contribution in [3.05, 3.63) is 65.9 Å². The van der Waals surface area contributed by atoms with E-state index in [4.69, 9.17) is 17.3 Å². The fourth-order valence-electron chi connectivity index (χ4n) is 4.63. The van der Waals surface area contributed by atoms with Gasteiger partial charge in [0.2, 0.25) is 16.9 Å². The number of rotatable bonds is 8. The van der Waals surface area contributed by atoms with Gasteiger partial charge in [0.25, 0.3) is 5.91 Å². The lowest BCUT2D eigenvalue weighted by Gasteiger charge is -2.23. The van der Waals surface area contributed by atoms with E-state index in [9.17, 15) is 18.8 Å². The molecular formula is C26H23ClFN9O3S. The van der Waals surface area contributed by atoms with Gasteiger partial charge in [-0.2, -0.15) is 24.7 Å². The first-order valence-electron chi connectivity index (χ1n) is 12.3. The van der Waals surface area contributed by atoms with Crippen molar-refractivity contribution >= 4 is 62.5 Å². The molecule has 0 spiro atoms. The maximum absolute atomic E-state index is 14.5. The molecule has 0 aliphatic carbocycles. The molecule has 3 N–H and O–H groups in total. The van der Waals surface area contributed by atoms with E-state index in [2.05, 4.69) is 36.5 Å². The molecule has 0 bridgehead atoms. The smallest absolute Gasteiger partial charge is 0.269 e. The molecule has 1 saturated heterocycles. The number of nitrogens with two attached hydrogens (primary N) is 1. The molecule has 3 aromatic heterocycles. The number of anilines is 1. The molecule has 0 saturated carbocycles. The third kappa shape index (κ3) is 5.69. The van der Waals surface area contributed by atoms with Gasteiger partial charge in [-0.3, -0.25) is 24.4 Å². The number of benzene rings is 1. The molecule has 12 nitrogen and oxygen atoms in total. The monoisotopic (exact) mass is 595 g/mol. The highest BCUT2D eigenvalue weighted by atomic mass is 35.5. The summed E-state index contributed by atoms with van der Waals surface area (Å²) in [6.45, 7) is 4.80. The van der Waals surface area contributed by atoms with Crippen LogP contribution in [0.3, 0.4) is 0 Å². The normalized spacial score (nSPS) is 17.1. The Hall–Kier alpha value is -4.56. The van der Waals surface area contributed by atoms with Crippen molar-refractivity contribution in [2.75, 3.05) is 11.9 Å². The Labute approximate surface area is 241 Å².